The van der Waals surface area contributed by atoms with Crippen molar-refractivity contribution < 1.29 is 9.90 Å². The van der Waals surface area contributed by atoms with Crippen molar-refractivity contribution in [2.75, 3.05) is 0 Å². The summed E-state index contributed by atoms with van der Waals surface area (Å²) in [4.78, 5) is 12.1. The van der Waals surface area contributed by atoms with E-state index in [1.807, 2.05) is 6.92 Å². The van der Waals surface area contributed by atoms with Gasteiger partial charge in [-0.15, -0.1) is 0 Å². The lowest BCUT2D eigenvalue weighted by molar-refractivity contribution is -0.149. The summed E-state index contributed by atoms with van der Waals surface area (Å²) >= 11 is 0. The Labute approximate surface area is 196 Å². The highest BCUT2D eigenvalue weighted by molar-refractivity contribution is 5.74. The van der Waals surface area contributed by atoms with Gasteiger partial charge in [0.2, 0.25) is 0 Å². The van der Waals surface area contributed by atoms with Crippen LogP contribution in [0.15, 0.2) is 0 Å². The van der Waals surface area contributed by atoms with Gasteiger partial charge in [-0.25, -0.2) is 0 Å². The van der Waals surface area contributed by atoms with E-state index in [9.17, 15) is 9.90 Å². The normalized spacial score (nSPS) is 14.5. The molecule has 0 heterocycles. The average molecular weight is 439 g/mol. The van der Waals surface area contributed by atoms with Gasteiger partial charge in [0.15, 0.2) is 0 Å². The lowest BCUT2D eigenvalue weighted by Gasteiger charge is -2.30. The van der Waals surface area contributed by atoms with Crippen LogP contribution in [0.5, 0.6) is 0 Å². The fourth-order valence-corrected chi connectivity index (χ4v) is 5.08. The maximum absolute atomic E-state index is 12.1. The van der Waals surface area contributed by atoms with E-state index in [0.717, 1.165) is 19.3 Å². The predicted molar refractivity (Wildman–Crippen MR) is 138 cm³/mol. The Hall–Kier alpha value is -0.530. The van der Waals surface area contributed by atoms with Crippen LogP contribution in [-0.4, -0.2) is 11.1 Å². The van der Waals surface area contributed by atoms with Crippen molar-refractivity contribution in [2.24, 2.45) is 11.3 Å². The molecule has 2 heteroatoms. The molecule has 0 saturated heterocycles. The van der Waals surface area contributed by atoms with Gasteiger partial charge in [-0.3, -0.25) is 4.79 Å². The van der Waals surface area contributed by atoms with Crippen LogP contribution in [0.3, 0.4) is 0 Å². The molecule has 0 aliphatic carbocycles. The Morgan fingerprint density at radius 3 is 1.45 bits per heavy atom. The van der Waals surface area contributed by atoms with E-state index in [-0.39, 0.29) is 0 Å². The molecule has 2 atom stereocenters. The molecule has 0 fully saturated rings. The first-order chi connectivity index (χ1) is 15.0. The lowest BCUT2D eigenvalue weighted by atomic mass is 9.74. The zero-order chi connectivity index (χ0) is 23.2. The van der Waals surface area contributed by atoms with Crippen LogP contribution in [0.2, 0.25) is 0 Å². The molecule has 0 aromatic heterocycles. The van der Waals surface area contributed by atoms with Gasteiger partial charge in [-0.2, -0.15) is 0 Å². The number of hydrogen-bond donors (Lipinski definition) is 1. The standard InChI is InChI=1S/C29H58O2/c1-5-8-10-12-13-14-15-16-17-18-19-21-24-27(23-7-3)26-29(4,28(30)31)25-22-20-11-9-6-2/h27H,5-26H2,1-4H3,(H,30,31). The molecule has 0 aromatic rings. The van der Waals surface area contributed by atoms with Crippen molar-refractivity contribution in [1.82, 2.24) is 0 Å². The Bertz CT molecular complexity index is 392. The number of rotatable bonds is 24. The van der Waals surface area contributed by atoms with E-state index in [1.165, 1.54) is 122 Å². The molecule has 186 valence electrons. The summed E-state index contributed by atoms with van der Waals surface area (Å²) in [5.74, 6) is 0.0173. The molecule has 0 saturated carbocycles. The molecular weight excluding hydrogens is 380 g/mol. The van der Waals surface area contributed by atoms with Crippen LogP contribution in [0.1, 0.15) is 169 Å². The summed E-state index contributed by atoms with van der Waals surface area (Å²) in [6.07, 6.45) is 28.0. The fourth-order valence-electron chi connectivity index (χ4n) is 5.08. The van der Waals surface area contributed by atoms with Gasteiger partial charge < -0.3 is 5.11 Å². The van der Waals surface area contributed by atoms with Crippen molar-refractivity contribution in [3.8, 4) is 0 Å². The van der Waals surface area contributed by atoms with E-state index in [4.69, 9.17) is 0 Å². The zero-order valence-corrected chi connectivity index (χ0v) is 22.0. The number of carboxylic acid groups (broad SMARTS) is 1. The summed E-state index contributed by atoms with van der Waals surface area (Å²) in [6, 6.07) is 0. The first kappa shape index (κ1) is 30.5. The number of carboxylic acids is 1. The summed E-state index contributed by atoms with van der Waals surface area (Å²) < 4.78 is 0. The molecule has 0 aliphatic rings. The van der Waals surface area contributed by atoms with Crippen LogP contribution in [0, 0.1) is 11.3 Å². The SMILES string of the molecule is CCCCCCCCCCCCCCC(CCC)CC(C)(CCCCCCC)C(=O)O. The molecule has 0 radical (unpaired) electrons. The fraction of sp³-hybridized carbons (Fsp3) is 0.966. The van der Waals surface area contributed by atoms with Crippen molar-refractivity contribution in [1.29, 1.82) is 0 Å². The second kappa shape index (κ2) is 21.3. The Balaban J connectivity index is 4.02. The molecule has 0 spiro atoms. The predicted octanol–water partition coefficient (Wildman–Crippen LogP) is 10.3. The minimum Gasteiger partial charge on any atom is -0.481 e. The number of aliphatic carboxylic acids is 1. The van der Waals surface area contributed by atoms with Crippen LogP contribution < -0.4 is 0 Å². The minimum absolute atomic E-state index is 0.525. The van der Waals surface area contributed by atoms with Gasteiger partial charge >= 0.3 is 5.97 Å². The maximum Gasteiger partial charge on any atom is 0.309 e. The van der Waals surface area contributed by atoms with Crippen molar-refractivity contribution in [3.05, 3.63) is 0 Å². The molecule has 2 nitrogen and oxygen atoms in total. The molecule has 0 rings (SSSR count). The third-order valence-electron chi connectivity index (χ3n) is 7.25. The molecule has 1 N–H and O–H groups in total. The zero-order valence-electron chi connectivity index (χ0n) is 22.0. The van der Waals surface area contributed by atoms with Crippen LogP contribution in [0.4, 0.5) is 0 Å². The molecular formula is C29H58O2. The average Bonchev–Trinajstić information content (AvgIpc) is 2.74. The molecule has 0 bridgehead atoms. The van der Waals surface area contributed by atoms with E-state index in [0.29, 0.717) is 5.92 Å². The first-order valence-corrected chi connectivity index (χ1v) is 14.2. The lowest BCUT2D eigenvalue weighted by Crippen LogP contribution is -2.30. The highest BCUT2D eigenvalue weighted by Gasteiger charge is 2.34. The third kappa shape index (κ3) is 17.7. The molecule has 31 heavy (non-hydrogen) atoms. The van der Waals surface area contributed by atoms with Gasteiger partial charge in [-0.05, 0) is 25.7 Å². The number of hydrogen-bond acceptors (Lipinski definition) is 1. The van der Waals surface area contributed by atoms with Crippen molar-refractivity contribution >= 4 is 5.97 Å². The highest BCUT2D eigenvalue weighted by atomic mass is 16.4. The van der Waals surface area contributed by atoms with Gasteiger partial charge in [-0.1, -0.05) is 149 Å². The summed E-state index contributed by atoms with van der Waals surface area (Å²) in [5, 5.41) is 9.93. The van der Waals surface area contributed by atoms with Crippen LogP contribution in [0.25, 0.3) is 0 Å². The molecule has 2 unspecified atom stereocenters. The maximum atomic E-state index is 12.1. The highest BCUT2D eigenvalue weighted by Crippen LogP contribution is 2.36. The van der Waals surface area contributed by atoms with Crippen LogP contribution in [-0.2, 0) is 4.79 Å². The van der Waals surface area contributed by atoms with E-state index in [1.54, 1.807) is 0 Å². The number of unbranched alkanes of at least 4 members (excludes halogenated alkanes) is 15. The largest absolute Gasteiger partial charge is 0.481 e. The van der Waals surface area contributed by atoms with Crippen molar-refractivity contribution in [3.63, 3.8) is 0 Å². The van der Waals surface area contributed by atoms with Crippen LogP contribution >= 0.6 is 0 Å². The molecule has 0 aliphatic heterocycles. The quantitative estimate of drug-likeness (QED) is 0.152. The Kier molecular flexibility index (Phi) is 21.0. The van der Waals surface area contributed by atoms with Gasteiger partial charge in [0.25, 0.3) is 0 Å². The Morgan fingerprint density at radius 2 is 1.03 bits per heavy atom. The van der Waals surface area contributed by atoms with Gasteiger partial charge in [0.1, 0.15) is 0 Å². The third-order valence-corrected chi connectivity index (χ3v) is 7.25. The second-order valence-corrected chi connectivity index (χ2v) is 10.6. The van der Waals surface area contributed by atoms with Crippen molar-refractivity contribution in [2.45, 2.75) is 169 Å². The number of carbonyl (C=O) groups is 1. The Morgan fingerprint density at radius 1 is 0.613 bits per heavy atom. The topological polar surface area (TPSA) is 37.3 Å². The summed E-state index contributed by atoms with van der Waals surface area (Å²) in [6.45, 7) is 8.77. The van der Waals surface area contributed by atoms with E-state index in [2.05, 4.69) is 20.8 Å². The molecule has 0 amide bonds. The van der Waals surface area contributed by atoms with E-state index >= 15 is 0 Å². The van der Waals surface area contributed by atoms with E-state index < -0.39 is 11.4 Å². The van der Waals surface area contributed by atoms with Gasteiger partial charge in [0, 0.05) is 0 Å². The first-order valence-electron chi connectivity index (χ1n) is 14.2. The molecule has 0 aromatic carbocycles. The van der Waals surface area contributed by atoms with Gasteiger partial charge in [0.05, 0.1) is 5.41 Å². The summed E-state index contributed by atoms with van der Waals surface area (Å²) in [5.41, 5.74) is -0.525. The monoisotopic (exact) mass is 438 g/mol. The minimum atomic E-state index is -0.571. The smallest absolute Gasteiger partial charge is 0.309 e. The second-order valence-electron chi connectivity index (χ2n) is 10.6. The summed E-state index contributed by atoms with van der Waals surface area (Å²) in [7, 11) is 0.